The highest BCUT2D eigenvalue weighted by molar-refractivity contribution is 6.74. The molecule has 2 aliphatic carbocycles. The van der Waals surface area contributed by atoms with Gasteiger partial charge in [-0.1, -0.05) is 56.1 Å². The minimum absolute atomic E-state index is 0.00795. The molecule has 0 N–H and O–H groups in total. The van der Waals surface area contributed by atoms with E-state index in [4.69, 9.17) is 27.6 Å². The van der Waals surface area contributed by atoms with Crippen molar-refractivity contribution in [2.75, 3.05) is 0 Å². The van der Waals surface area contributed by atoms with Gasteiger partial charge >= 0.3 is 0 Å². The van der Waals surface area contributed by atoms with Crippen molar-refractivity contribution in [3.63, 3.8) is 0 Å². The average molecular weight is 413 g/mol. The van der Waals surface area contributed by atoms with Crippen molar-refractivity contribution in [3.05, 3.63) is 29.8 Å². The normalized spacial score (nSPS) is 28.7. The minimum atomic E-state index is -1.80. The van der Waals surface area contributed by atoms with Crippen molar-refractivity contribution in [2.24, 2.45) is 5.41 Å². The average Bonchev–Trinajstić information content (AvgIpc) is 2.55. The SMILES string of the molecule is CC(C)(C)[Si](C)(C)Oc1ccc(C2CCC3(CC2)CC(=O)C3(Cl)Cl)cc1. The minimum Gasteiger partial charge on any atom is -0.544 e. The van der Waals surface area contributed by atoms with Crippen LogP contribution >= 0.6 is 23.2 Å². The lowest BCUT2D eigenvalue weighted by Crippen LogP contribution is -2.58. The summed E-state index contributed by atoms with van der Waals surface area (Å²) >= 11 is 12.6. The molecule has 0 atom stereocenters. The zero-order chi connectivity index (χ0) is 19.4. The van der Waals surface area contributed by atoms with Gasteiger partial charge in [-0.3, -0.25) is 4.79 Å². The van der Waals surface area contributed by atoms with Gasteiger partial charge in [-0.05, 0) is 67.4 Å². The summed E-state index contributed by atoms with van der Waals surface area (Å²) in [4.78, 5) is 11.7. The van der Waals surface area contributed by atoms with E-state index in [-0.39, 0.29) is 16.2 Å². The van der Waals surface area contributed by atoms with E-state index in [9.17, 15) is 4.79 Å². The number of carbonyl (C=O) groups excluding carboxylic acids is 1. The van der Waals surface area contributed by atoms with Crippen molar-refractivity contribution >= 4 is 37.3 Å². The van der Waals surface area contributed by atoms with Gasteiger partial charge in [0.15, 0.2) is 10.1 Å². The van der Waals surface area contributed by atoms with Gasteiger partial charge in [0.1, 0.15) is 5.75 Å². The van der Waals surface area contributed by atoms with Crippen molar-refractivity contribution in [1.82, 2.24) is 0 Å². The lowest BCUT2D eigenvalue weighted by molar-refractivity contribution is -0.136. The molecular weight excluding hydrogens is 383 g/mol. The molecule has 0 aliphatic heterocycles. The highest BCUT2D eigenvalue weighted by Crippen LogP contribution is 2.63. The smallest absolute Gasteiger partial charge is 0.250 e. The molecule has 0 unspecified atom stereocenters. The van der Waals surface area contributed by atoms with Crippen LogP contribution in [0.15, 0.2) is 24.3 Å². The Morgan fingerprint density at radius 2 is 1.62 bits per heavy atom. The Bertz CT molecular complexity index is 681. The zero-order valence-electron chi connectivity index (χ0n) is 16.5. The Morgan fingerprint density at radius 1 is 1.08 bits per heavy atom. The van der Waals surface area contributed by atoms with Crippen LogP contribution in [0.3, 0.4) is 0 Å². The predicted octanol–water partition coefficient (Wildman–Crippen LogP) is 6.86. The second kappa shape index (κ2) is 6.53. The lowest BCUT2D eigenvalue weighted by atomic mass is 9.57. The van der Waals surface area contributed by atoms with Gasteiger partial charge in [-0.25, -0.2) is 0 Å². The summed E-state index contributed by atoms with van der Waals surface area (Å²) in [6.45, 7) is 11.3. The van der Waals surface area contributed by atoms with E-state index >= 15 is 0 Å². The van der Waals surface area contributed by atoms with Crippen LogP contribution in [0, 0.1) is 5.41 Å². The molecule has 2 fully saturated rings. The van der Waals surface area contributed by atoms with Gasteiger partial charge < -0.3 is 4.43 Å². The molecule has 1 aromatic carbocycles. The highest BCUT2D eigenvalue weighted by atomic mass is 35.5. The van der Waals surface area contributed by atoms with Crippen LogP contribution in [0.25, 0.3) is 0 Å². The molecule has 0 saturated heterocycles. The Hall–Kier alpha value is -0.513. The van der Waals surface area contributed by atoms with Crippen LogP contribution in [-0.2, 0) is 4.79 Å². The maximum Gasteiger partial charge on any atom is 0.250 e. The van der Waals surface area contributed by atoms with Gasteiger partial charge in [0, 0.05) is 11.8 Å². The predicted molar refractivity (Wildman–Crippen MR) is 112 cm³/mol. The van der Waals surface area contributed by atoms with Crippen LogP contribution in [0.5, 0.6) is 5.75 Å². The molecule has 0 aromatic heterocycles. The molecule has 144 valence electrons. The first-order chi connectivity index (χ1) is 11.9. The van der Waals surface area contributed by atoms with Crippen LogP contribution < -0.4 is 4.43 Å². The molecule has 2 aliphatic rings. The van der Waals surface area contributed by atoms with Gasteiger partial charge in [0.25, 0.3) is 0 Å². The van der Waals surface area contributed by atoms with Crippen LogP contribution in [0.4, 0.5) is 0 Å². The first-order valence-corrected chi connectivity index (χ1v) is 13.2. The summed E-state index contributed by atoms with van der Waals surface area (Å²) in [5, 5.41) is 0.194. The first kappa shape index (κ1) is 20.2. The summed E-state index contributed by atoms with van der Waals surface area (Å²) in [7, 11) is -1.80. The maximum absolute atomic E-state index is 11.7. The second-order valence-corrected chi connectivity index (χ2v) is 15.7. The molecule has 0 heterocycles. The van der Waals surface area contributed by atoms with E-state index in [0.717, 1.165) is 31.4 Å². The summed E-state index contributed by atoms with van der Waals surface area (Å²) in [6, 6.07) is 8.62. The van der Waals surface area contributed by atoms with E-state index in [1.54, 1.807) is 0 Å². The molecule has 0 radical (unpaired) electrons. The molecule has 2 saturated carbocycles. The summed E-state index contributed by atoms with van der Waals surface area (Å²) < 4.78 is 5.22. The van der Waals surface area contributed by atoms with Crippen LogP contribution in [0.1, 0.15) is 64.4 Å². The van der Waals surface area contributed by atoms with Crippen LogP contribution in [0.2, 0.25) is 18.1 Å². The lowest BCUT2D eigenvalue weighted by Gasteiger charge is -2.54. The molecule has 1 spiro atoms. The van der Waals surface area contributed by atoms with E-state index in [1.165, 1.54) is 5.56 Å². The molecule has 1 aromatic rings. The number of hydrogen-bond acceptors (Lipinski definition) is 2. The number of ketones is 1. The quantitative estimate of drug-likeness (QED) is 0.400. The standard InChI is InChI=1S/C21H30Cl2O2Si/c1-19(2,3)26(4,5)25-17-8-6-15(7-9-17)16-10-12-20(13-11-16)14-18(24)21(20,22)23/h6-9,16H,10-14H2,1-5H3. The molecular formula is C21H30Cl2O2Si. The monoisotopic (exact) mass is 412 g/mol. The Morgan fingerprint density at radius 3 is 2.04 bits per heavy atom. The number of halogens is 2. The van der Waals surface area contributed by atoms with Crippen molar-refractivity contribution in [2.45, 2.75) is 81.3 Å². The molecule has 3 rings (SSSR count). The van der Waals surface area contributed by atoms with E-state index in [2.05, 4.69) is 58.1 Å². The molecule has 0 amide bonds. The third-order valence-corrected chi connectivity index (χ3v) is 12.6. The van der Waals surface area contributed by atoms with Gasteiger partial charge in [-0.2, -0.15) is 0 Å². The van der Waals surface area contributed by atoms with Gasteiger partial charge in [0.2, 0.25) is 8.32 Å². The largest absolute Gasteiger partial charge is 0.544 e. The second-order valence-electron chi connectivity index (χ2n) is 9.66. The Kier molecular flexibility index (Phi) is 5.08. The number of rotatable bonds is 3. The van der Waals surface area contributed by atoms with Gasteiger partial charge in [-0.15, -0.1) is 0 Å². The third kappa shape index (κ3) is 3.36. The number of carbonyl (C=O) groups is 1. The summed E-state index contributed by atoms with van der Waals surface area (Å²) in [5.41, 5.74) is 1.16. The van der Waals surface area contributed by atoms with Crippen molar-refractivity contribution in [3.8, 4) is 5.75 Å². The summed E-state index contributed by atoms with van der Waals surface area (Å²) in [5.74, 6) is 1.48. The summed E-state index contributed by atoms with van der Waals surface area (Å²) in [6.07, 6.45) is 4.48. The van der Waals surface area contributed by atoms with E-state index in [1.807, 2.05) is 0 Å². The van der Waals surface area contributed by atoms with Crippen molar-refractivity contribution in [1.29, 1.82) is 0 Å². The fraction of sp³-hybridized carbons (Fsp3) is 0.667. The van der Waals surface area contributed by atoms with Crippen molar-refractivity contribution < 1.29 is 9.22 Å². The van der Waals surface area contributed by atoms with E-state index in [0.29, 0.717) is 12.3 Å². The zero-order valence-corrected chi connectivity index (χ0v) is 19.0. The Balaban J connectivity index is 1.63. The molecule has 0 bridgehead atoms. The fourth-order valence-electron chi connectivity index (χ4n) is 3.97. The molecule has 2 nitrogen and oxygen atoms in total. The van der Waals surface area contributed by atoms with Crippen LogP contribution in [-0.4, -0.2) is 18.4 Å². The van der Waals surface area contributed by atoms with Gasteiger partial charge in [0.05, 0.1) is 0 Å². The maximum atomic E-state index is 11.7. The molecule has 26 heavy (non-hydrogen) atoms. The number of alkyl halides is 2. The van der Waals surface area contributed by atoms with E-state index < -0.39 is 12.7 Å². The fourth-order valence-corrected chi connectivity index (χ4v) is 5.65. The number of Topliss-reactive ketones (excluding diaryl/α,β-unsaturated/α-hetero) is 1. The molecule has 5 heteroatoms. The first-order valence-electron chi connectivity index (χ1n) is 9.58. The number of hydrogen-bond donors (Lipinski definition) is 0. The topological polar surface area (TPSA) is 26.3 Å². The highest BCUT2D eigenvalue weighted by Gasteiger charge is 2.64. The third-order valence-electron chi connectivity index (χ3n) is 6.99. The Labute approximate surface area is 168 Å². The number of benzene rings is 1.